The second-order valence-electron chi connectivity index (χ2n) is 5.99. The minimum absolute atomic E-state index is 0.120. The Labute approximate surface area is 131 Å². The molecule has 0 bridgehead atoms. The Kier molecular flexibility index (Phi) is 4.05. The topological polar surface area (TPSA) is 43.8 Å². The quantitative estimate of drug-likeness (QED) is 0.944. The van der Waals surface area contributed by atoms with Gasteiger partial charge in [0.1, 0.15) is 0 Å². The molecule has 0 aliphatic heterocycles. The van der Waals surface area contributed by atoms with Gasteiger partial charge in [0.05, 0.1) is 16.4 Å². The van der Waals surface area contributed by atoms with E-state index in [0.717, 1.165) is 42.1 Å². The molecule has 2 N–H and O–H groups in total. The van der Waals surface area contributed by atoms with Gasteiger partial charge in [-0.05, 0) is 36.3 Å². The lowest BCUT2D eigenvalue weighted by Gasteiger charge is -2.19. The van der Waals surface area contributed by atoms with Crippen LogP contribution in [0.25, 0.3) is 0 Å². The van der Waals surface area contributed by atoms with E-state index in [4.69, 9.17) is 17.3 Å². The number of benzene rings is 1. The van der Waals surface area contributed by atoms with Crippen LogP contribution in [0.3, 0.4) is 0 Å². The largest absolute Gasteiger partial charge is 0.327 e. The first-order valence-corrected chi connectivity index (χ1v) is 8.00. The van der Waals surface area contributed by atoms with Crippen LogP contribution in [0.1, 0.15) is 29.4 Å². The molecule has 1 aliphatic rings. The summed E-state index contributed by atoms with van der Waals surface area (Å²) < 4.78 is 1.89. The third kappa shape index (κ3) is 2.72. The summed E-state index contributed by atoms with van der Waals surface area (Å²) in [4.78, 5) is 0. The Morgan fingerprint density at radius 2 is 1.95 bits per heavy atom. The molecule has 1 aromatic heterocycles. The Morgan fingerprint density at radius 3 is 2.48 bits per heavy atom. The average Bonchev–Trinajstić information content (AvgIpc) is 3.03. The van der Waals surface area contributed by atoms with E-state index in [0.29, 0.717) is 5.92 Å². The molecule has 0 fully saturated rings. The summed E-state index contributed by atoms with van der Waals surface area (Å²) in [6.07, 6.45) is 3.80. The van der Waals surface area contributed by atoms with E-state index in [1.807, 2.05) is 11.7 Å². The van der Waals surface area contributed by atoms with Crippen LogP contribution < -0.4 is 5.73 Å². The van der Waals surface area contributed by atoms with Crippen LogP contribution in [0, 0.1) is 5.92 Å². The fourth-order valence-electron chi connectivity index (χ4n) is 3.33. The lowest BCUT2D eigenvalue weighted by molar-refractivity contribution is 0.428. The van der Waals surface area contributed by atoms with E-state index in [1.54, 1.807) is 0 Å². The Morgan fingerprint density at radius 1 is 1.33 bits per heavy atom. The molecule has 0 amide bonds. The first-order valence-electron chi connectivity index (χ1n) is 7.62. The van der Waals surface area contributed by atoms with Crippen molar-refractivity contribution in [2.45, 2.75) is 38.6 Å². The van der Waals surface area contributed by atoms with E-state index in [9.17, 15) is 0 Å². The Bertz CT molecular complexity index is 622. The summed E-state index contributed by atoms with van der Waals surface area (Å²) in [5.41, 5.74) is 11.4. The van der Waals surface area contributed by atoms with E-state index in [-0.39, 0.29) is 6.04 Å². The summed E-state index contributed by atoms with van der Waals surface area (Å²) in [5, 5.41) is 5.27. The van der Waals surface area contributed by atoms with Crippen LogP contribution in [0.2, 0.25) is 5.02 Å². The SMILES string of the molecule is CCc1nn(C)c(CC(N)C2Cc3ccccc3C2)c1Cl. The zero-order chi connectivity index (χ0) is 15.0. The van der Waals surface area contributed by atoms with Crippen molar-refractivity contribution in [2.24, 2.45) is 18.7 Å². The van der Waals surface area contributed by atoms with E-state index in [1.165, 1.54) is 11.1 Å². The molecule has 1 unspecified atom stereocenters. The predicted octanol–water partition coefficient (Wildman–Crippen LogP) is 2.92. The fraction of sp³-hybridized carbons (Fsp3) is 0.471. The number of rotatable bonds is 4. The molecule has 1 aliphatic carbocycles. The van der Waals surface area contributed by atoms with Gasteiger partial charge in [-0.15, -0.1) is 0 Å². The standard InChI is InChI=1S/C17H22ClN3/c1-3-15-17(18)16(21(2)20-15)10-14(19)13-8-11-6-4-5-7-12(11)9-13/h4-7,13-14H,3,8-10,19H2,1-2H3. The number of nitrogens with two attached hydrogens (primary N) is 1. The van der Waals surface area contributed by atoms with Crippen LogP contribution in [0.4, 0.5) is 0 Å². The zero-order valence-corrected chi connectivity index (χ0v) is 13.4. The fourth-order valence-corrected chi connectivity index (χ4v) is 3.70. The molecule has 1 heterocycles. The molecule has 112 valence electrons. The van der Waals surface area contributed by atoms with Gasteiger partial charge in [-0.3, -0.25) is 4.68 Å². The van der Waals surface area contributed by atoms with Crippen molar-refractivity contribution in [3.63, 3.8) is 0 Å². The van der Waals surface area contributed by atoms with Crippen molar-refractivity contribution >= 4 is 11.6 Å². The average molecular weight is 304 g/mol. The minimum atomic E-state index is 0.120. The third-order valence-corrected chi connectivity index (χ3v) is 5.06. The second kappa shape index (κ2) is 5.82. The molecule has 3 rings (SSSR count). The molecule has 21 heavy (non-hydrogen) atoms. The zero-order valence-electron chi connectivity index (χ0n) is 12.6. The van der Waals surface area contributed by atoms with Gasteiger partial charge in [-0.25, -0.2) is 0 Å². The number of halogens is 1. The van der Waals surface area contributed by atoms with Gasteiger partial charge in [0.15, 0.2) is 0 Å². The van der Waals surface area contributed by atoms with Gasteiger partial charge in [0, 0.05) is 19.5 Å². The number of aryl methyl sites for hydroxylation is 2. The molecule has 3 nitrogen and oxygen atoms in total. The molecule has 1 aromatic carbocycles. The summed E-state index contributed by atoms with van der Waals surface area (Å²) in [6.45, 7) is 2.07. The van der Waals surface area contributed by atoms with Crippen LogP contribution in [-0.2, 0) is 32.7 Å². The van der Waals surface area contributed by atoms with Crippen molar-refractivity contribution in [1.29, 1.82) is 0 Å². The molecular formula is C17H22ClN3. The van der Waals surface area contributed by atoms with Crippen LogP contribution in [-0.4, -0.2) is 15.8 Å². The van der Waals surface area contributed by atoms with E-state index >= 15 is 0 Å². The van der Waals surface area contributed by atoms with Gasteiger partial charge < -0.3 is 5.73 Å². The highest BCUT2D eigenvalue weighted by molar-refractivity contribution is 6.31. The second-order valence-corrected chi connectivity index (χ2v) is 6.37. The smallest absolute Gasteiger partial charge is 0.0850 e. The van der Waals surface area contributed by atoms with Crippen molar-refractivity contribution in [2.75, 3.05) is 0 Å². The summed E-state index contributed by atoms with van der Waals surface area (Å²) >= 11 is 6.43. The summed E-state index contributed by atoms with van der Waals surface area (Å²) in [6, 6.07) is 8.77. The van der Waals surface area contributed by atoms with Crippen LogP contribution >= 0.6 is 11.6 Å². The lowest BCUT2D eigenvalue weighted by atomic mass is 9.93. The number of hydrogen-bond donors (Lipinski definition) is 1. The van der Waals surface area contributed by atoms with Gasteiger partial charge in [0.25, 0.3) is 0 Å². The highest BCUT2D eigenvalue weighted by atomic mass is 35.5. The number of hydrogen-bond acceptors (Lipinski definition) is 2. The normalized spacial score (nSPS) is 16.2. The molecule has 2 aromatic rings. The van der Waals surface area contributed by atoms with E-state index in [2.05, 4.69) is 36.3 Å². The summed E-state index contributed by atoms with van der Waals surface area (Å²) in [5.74, 6) is 0.499. The molecule has 0 spiro atoms. The van der Waals surface area contributed by atoms with E-state index < -0.39 is 0 Å². The highest BCUT2D eigenvalue weighted by Gasteiger charge is 2.28. The van der Waals surface area contributed by atoms with Crippen molar-refractivity contribution in [3.05, 3.63) is 51.8 Å². The number of aromatic nitrogens is 2. The van der Waals surface area contributed by atoms with Crippen molar-refractivity contribution in [1.82, 2.24) is 9.78 Å². The maximum Gasteiger partial charge on any atom is 0.0850 e. The Hall–Kier alpha value is -1.32. The van der Waals surface area contributed by atoms with Crippen molar-refractivity contribution in [3.8, 4) is 0 Å². The molecule has 0 radical (unpaired) electrons. The number of nitrogens with zero attached hydrogens (tertiary/aromatic N) is 2. The predicted molar refractivity (Wildman–Crippen MR) is 86.6 cm³/mol. The molecular weight excluding hydrogens is 282 g/mol. The molecule has 1 atom stereocenters. The maximum atomic E-state index is 6.48. The molecule has 0 saturated heterocycles. The highest BCUT2D eigenvalue weighted by Crippen LogP contribution is 2.30. The first kappa shape index (κ1) is 14.6. The minimum Gasteiger partial charge on any atom is -0.327 e. The molecule has 4 heteroatoms. The third-order valence-electron chi connectivity index (χ3n) is 4.62. The van der Waals surface area contributed by atoms with Gasteiger partial charge >= 0.3 is 0 Å². The maximum absolute atomic E-state index is 6.48. The van der Waals surface area contributed by atoms with Crippen LogP contribution in [0.5, 0.6) is 0 Å². The van der Waals surface area contributed by atoms with Crippen LogP contribution in [0.15, 0.2) is 24.3 Å². The molecule has 0 saturated carbocycles. The Balaban J connectivity index is 1.74. The lowest BCUT2D eigenvalue weighted by Crippen LogP contribution is -2.33. The first-order chi connectivity index (χ1) is 10.1. The van der Waals surface area contributed by atoms with Gasteiger partial charge in [-0.1, -0.05) is 42.8 Å². The van der Waals surface area contributed by atoms with Crippen molar-refractivity contribution < 1.29 is 0 Å². The van der Waals surface area contributed by atoms with Gasteiger partial charge in [-0.2, -0.15) is 5.10 Å². The van der Waals surface area contributed by atoms with Gasteiger partial charge in [0.2, 0.25) is 0 Å². The summed E-state index contributed by atoms with van der Waals surface area (Å²) in [7, 11) is 1.95. The monoisotopic (exact) mass is 303 g/mol. The number of fused-ring (bicyclic) bond motifs is 1.